The van der Waals surface area contributed by atoms with Crippen LogP contribution in [0.1, 0.15) is 23.8 Å². The van der Waals surface area contributed by atoms with Crippen LogP contribution in [-0.4, -0.2) is 41.9 Å². The van der Waals surface area contributed by atoms with Crippen LogP contribution in [0.15, 0.2) is 77.6 Å². The maximum atomic E-state index is 12.5. The van der Waals surface area contributed by atoms with Crippen molar-refractivity contribution in [3.63, 3.8) is 0 Å². The number of carbonyl (C=O) groups excluding carboxylic acids is 1. The molecular formula is C24H28N4O3. The Hall–Kier alpha value is -3.61. The normalized spacial score (nSPS) is 10.5. The molecule has 0 aliphatic heterocycles. The number of para-hydroxylation sites is 2. The van der Waals surface area contributed by atoms with Crippen LogP contribution in [0.2, 0.25) is 0 Å². The van der Waals surface area contributed by atoms with E-state index in [4.69, 9.17) is 4.74 Å². The summed E-state index contributed by atoms with van der Waals surface area (Å²) < 4.78 is 6.87. The topological polar surface area (TPSA) is 76.5 Å². The van der Waals surface area contributed by atoms with Gasteiger partial charge in [0.2, 0.25) is 0 Å². The highest BCUT2D eigenvalue weighted by Gasteiger charge is 2.10. The van der Waals surface area contributed by atoms with Gasteiger partial charge in [0, 0.05) is 31.4 Å². The van der Waals surface area contributed by atoms with E-state index in [9.17, 15) is 9.59 Å². The molecule has 0 aliphatic carbocycles. The van der Waals surface area contributed by atoms with Crippen LogP contribution in [0.25, 0.3) is 0 Å². The summed E-state index contributed by atoms with van der Waals surface area (Å²) in [5, 5.41) is 7.07. The van der Waals surface area contributed by atoms with Crippen LogP contribution in [-0.2, 0) is 6.54 Å². The molecule has 0 aliphatic rings. The second kappa shape index (κ2) is 11.5. The molecule has 0 fully saturated rings. The van der Waals surface area contributed by atoms with Gasteiger partial charge < -0.3 is 15.0 Å². The molecule has 3 aromatic rings. The van der Waals surface area contributed by atoms with Crippen LogP contribution in [0.4, 0.5) is 5.69 Å². The van der Waals surface area contributed by atoms with Crippen molar-refractivity contribution in [2.45, 2.75) is 19.9 Å². The molecule has 0 saturated heterocycles. The molecule has 0 saturated carbocycles. The molecule has 1 heterocycles. The molecule has 1 aromatic heterocycles. The lowest BCUT2D eigenvalue weighted by Crippen LogP contribution is -2.32. The van der Waals surface area contributed by atoms with E-state index in [1.165, 1.54) is 22.5 Å². The Kier molecular flexibility index (Phi) is 8.22. The van der Waals surface area contributed by atoms with E-state index in [-0.39, 0.29) is 30.3 Å². The van der Waals surface area contributed by atoms with Crippen molar-refractivity contribution in [1.82, 2.24) is 15.1 Å². The fraction of sp³-hybridized carbons (Fsp3) is 0.292. The van der Waals surface area contributed by atoms with Gasteiger partial charge in [0.15, 0.2) is 0 Å². The van der Waals surface area contributed by atoms with Crippen molar-refractivity contribution in [2.24, 2.45) is 0 Å². The lowest BCUT2D eigenvalue weighted by Gasteiger charge is -2.23. The summed E-state index contributed by atoms with van der Waals surface area (Å²) in [6.07, 6.45) is 0.805. The van der Waals surface area contributed by atoms with Crippen molar-refractivity contribution >= 4 is 11.6 Å². The highest BCUT2D eigenvalue weighted by atomic mass is 16.5. The summed E-state index contributed by atoms with van der Waals surface area (Å²) in [5.74, 6) is 0.432. The smallest absolute Gasteiger partial charge is 0.271 e. The molecule has 3 rings (SSSR count). The molecule has 2 aromatic carbocycles. The zero-order valence-corrected chi connectivity index (χ0v) is 17.7. The van der Waals surface area contributed by atoms with Crippen molar-refractivity contribution in [3.8, 4) is 5.75 Å². The van der Waals surface area contributed by atoms with Gasteiger partial charge in [-0.1, -0.05) is 36.4 Å². The maximum Gasteiger partial charge on any atom is 0.271 e. The number of hydrogen-bond donors (Lipinski definition) is 1. The summed E-state index contributed by atoms with van der Waals surface area (Å²) in [6.45, 7) is 4.92. The molecule has 31 heavy (non-hydrogen) atoms. The van der Waals surface area contributed by atoms with E-state index in [2.05, 4.69) is 34.4 Å². The minimum Gasteiger partial charge on any atom is -0.492 e. The quantitative estimate of drug-likeness (QED) is 0.483. The van der Waals surface area contributed by atoms with Crippen LogP contribution >= 0.6 is 0 Å². The van der Waals surface area contributed by atoms with E-state index in [1.54, 1.807) is 0 Å². The Balaban J connectivity index is 1.47. The van der Waals surface area contributed by atoms with Crippen molar-refractivity contribution in [3.05, 3.63) is 88.8 Å². The van der Waals surface area contributed by atoms with Gasteiger partial charge in [-0.15, -0.1) is 0 Å². The predicted molar refractivity (Wildman–Crippen MR) is 122 cm³/mol. The number of nitrogens with zero attached hydrogens (tertiary/aromatic N) is 3. The molecule has 1 amide bonds. The monoisotopic (exact) mass is 420 g/mol. The molecule has 0 radical (unpaired) electrons. The second-order valence-electron chi connectivity index (χ2n) is 6.97. The minimum atomic E-state index is -0.291. The summed E-state index contributed by atoms with van der Waals surface area (Å²) >= 11 is 0. The summed E-state index contributed by atoms with van der Waals surface area (Å²) in [7, 11) is 0. The summed E-state index contributed by atoms with van der Waals surface area (Å²) in [6, 6.07) is 22.4. The first-order valence-corrected chi connectivity index (χ1v) is 10.5. The first-order chi connectivity index (χ1) is 15.2. The van der Waals surface area contributed by atoms with Crippen molar-refractivity contribution in [2.75, 3.05) is 31.1 Å². The number of ether oxygens (including phenoxy) is 1. The molecule has 7 nitrogen and oxygen atoms in total. The van der Waals surface area contributed by atoms with Gasteiger partial charge in [-0.05, 0) is 43.7 Å². The number of nitrogens with one attached hydrogen (secondary N) is 1. The third kappa shape index (κ3) is 6.70. The second-order valence-corrected chi connectivity index (χ2v) is 6.97. The third-order valence-corrected chi connectivity index (χ3v) is 4.81. The molecule has 0 bridgehead atoms. The average molecular weight is 421 g/mol. The average Bonchev–Trinajstić information content (AvgIpc) is 2.81. The van der Waals surface area contributed by atoms with Gasteiger partial charge >= 0.3 is 0 Å². The molecule has 0 atom stereocenters. The van der Waals surface area contributed by atoms with Gasteiger partial charge in [-0.3, -0.25) is 9.59 Å². The fourth-order valence-corrected chi connectivity index (χ4v) is 3.17. The lowest BCUT2D eigenvalue weighted by molar-refractivity contribution is 0.0945. The summed E-state index contributed by atoms with van der Waals surface area (Å²) in [5.41, 5.74) is 1.12. The number of rotatable bonds is 11. The highest BCUT2D eigenvalue weighted by Crippen LogP contribution is 2.12. The Labute approximate surface area is 182 Å². The molecule has 162 valence electrons. The zero-order chi connectivity index (χ0) is 21.9. The van der Waals surface area contributed by atoms with Gasteiger partial charge in [-0.2, -0.15) is 5.10 Å². The van der Waals surface area contributed by atoms with Crippen LogP contribution in [0.3, 0.4) is 0 Å². The minimum absolute atomic E-state index is 0.217. The predicted octanol–water partition coefficient (Wildman–Crippen LogP) is 2.97. The molecule has 0 spiro atoms. The SMILES string of the molecule is CCN(CCCNC(=O)c1ccc(=O)n(CCOc2ccccc2)n1)c1ccccc1. The van der Waals surface area contributed by atoms with E-state index < -0.39 is 0 Å². The summed E-state index contributed by atoms with van der Waals surface area (Å²) in [4.78, 5) is 26.8. The maximum absolute atomic E-state index is 12.5. The van der Waals surface area contributed by atoms with E-state index in [1.807, 2.05) is 48.5 Å². The standard InChI is InChI=1S/C24H28N4O3/c1-2-27(20-10-5-3-6-11-20)17-9-16-25-24(30)22-14-15-23(29)28(26-22)18-19-31-21-12-7-4-8-13-21/h3-8,10-15H,2,9,16-19H2,1H3,(H,25,30). The molecule has 1 N–H and O–H groups in total. The van der Waals surface area contributed by atoms with Crippen LogP contribution in [0.5, 0.6) is 5.75 Å². The highest BCUT2D eigenvalue weighted by molar-refractivity contribution is 5.91. The van der Waals surface area contributed by atoms with Gasteiger partial charge in [0.05, 0.1) is 6.54 Å². The first kappa shape index (κ1) is 22.1. The van der Waals surface area contributed by atoms with Gasteiger partial charge in [0.25, 0.3) is 11.5 Å². The van der Waals surface area contributed by atoms with E-state index >= 15 is 0 Å². The Morgan fingerprint density at radius 3 is 2.45 bits per heavy atom. The number of aromatic nitrogens is 2. The number of anilines is 1. The van der Waals surface area contributed by atoms with Crippen LogP contribution < -0.4 is 20.5 Å². The van der Waals surface area contributed by atoms with Crippen molar-refractivity contribution < 1.29 is 9.53 Å². The Morgan fingerprint density at radius 2 is 1.74 bits per heavy atom. The number of hydrogen-bond acceptors (Lipinski definition) is 5. The van der Waals surface area contributed by atoms with Gasteiger partial charge in [0.1, 0.15) is 18.1 Å². The Bertz CT molecular complexity index is 1010. The number of benzene rings is 2. The number of carbonyl (C=O) groups is 1. The Morgan fingerprint density at radius 1 is 1.03 bits per heavy atom. The first-order valence-electron chi connectivity index (χ1n) is 10.5. The fourth-order valence-electron chi connectivity index (χ4n) is 3.17. The largest absolute Gasteiger partial charge is 0.492 e. The third-order valence-electron chi connectivity index (χ3n) is 4.81. The lowest BCUT2D eigenvalue weighted by atomic mass is 10.2. The molecular weight excluding hydrogens is 392 g/mol. The van der Waals surface area contributed by atoms with E-state index in [0.717, 1.165) is 25.3 Å². The molecule has 7 heteroatoms. The zero-order valence-electron chi connectivity index (χ0n) is 17.7. The number of amides is 1. The van der Waals surface area contributed by atoms with E-state index in [0.29, 0.717) is 6.54 Å². The molecule has 0 unspecified atom stereocenters. The van der Waals surface area contributed by atoms with Gasteiger partial charge in [-0.25, -0.2) is 4.68 Å². The van der Waals surface area contributed by atoms with Crippen molar-refractivity contribution in [1.29, 1.82) is 0 Å². The van der Waals surface area contributed by atoms with Crippen LogP contribution in [0, 0.1) is 0 Å².